The minimum Gasteiger partial charge on any atom is -0.479 e. The van der Waals surface area contributed by atoms with Crippen LogP contribution in [0, 0.1) is 0 Å². The van der Waals surface area contributed by atoms with Gasteiger partial charge in [0.05, 0.1) is 6.61 Å². The largest absolute Gasteiger partial charge is 0.479 e. The van der Waals surface area contributed by atoms with Gasteiger partial charge in [0.15, 0.2) is 6.10 Å². The normalized spacial score (nSPS) is 21.8. The van der Waals surface area contributed by atoms with Crippen molar-refractivity contribution in [1.29, 1.82) is 0 Å². The fourth-order valence-corrected chi connectivity index (χ4v) is 0.430. The number of hydrogen-bond donors (Lipinski definition) is 2. The molecule has 3 N–H and O–H groups in total. The van der Waals surface area contributed by atoms with Crippen LogP contribution in [0.4, 0.5) is 0 Å². The van der Waals surface area contributed by atoms with Crippen LogP contribution in [0.5, 0.6) is 0 Å². The second kappa shape index (κ2) is 4.42. The van der Waals surface area contributed by atoms with Crippen molar-refractivity contribution in [3.63, 3.8) is 0 Å². The lowest BCUT2D eigenvalue weighted by molar-refractivity contribution is -0.162. The number of carbonyl (C=O) groups is 1. The molecule has 1 aliphatic heterocycles. The standard InChI is InChI=1S/C4H11N.C4H6O3/c1-4(2,3)5;5-4(6)3-1-2-7-3/h5H2,1-3H3;3H,1-2H2,(H,5,6). The second-order valence-corrected chi connectivity index (χ2v) is 3.85. The lowest BCUT2D eigenvalue weighted by Gasteiger charge is -2.21. The van der Waals surface area contributed by atoms with E-state index in [-0.39, 0.29) is 5.54 Å². The van der Waals surface area contributed by atoms with E-state index in [0.717, 1.165) is 0 Å². The zero-order valence-electron chi connectivity index (χ0n) is 7.83. The third-order valence-corrected chi connectivity index (χ3v) is 0.975. The van der Waals surface area contributed by atoms with E-state index in [2.05, 4.69) is 4.74 Å². The molecule has 1 saturated heterocycles. The third kappa shape index (κ3) is 7.50. The van der Waals surface area contributed by atoms with Gasteiger partial charge in [-0.15, -0.1) is 0 Å². The zero-order valence-corrected chi connectivity index (χ0v) is 7.83. The Hall–Kier alpha value is -0.610. The van der Waals surface area contributed by atoms with Gasteiger partial charge >= 0.3 is 5.97 Å². The summed E-state index contributed by atoms with van der Waals surface area (Å²) in [7, 11) is 0. The van der Waals surface area contributed by atoms with Crippen molar-refractivity contribution in [1.82, 2.24) is 0 Å². The third-order valence-electron chi connectivity index (χ3n) is 0.975. The number of carboxylic acids is 1. The van der Waals surface area contributed by atoms with Crippen LogP contribution in [0.3, 0.4) is 0 Å². The van der Waals surface area contributed by atoms with Crippen LogP contribution in [-0.2, 0) is 9.53 Å². The quantitative estimate of drug-likeness (QED) is 0.612. The van der Waals surface area contributed by atoms with Crippen molar-refractivity contribution in [3.8, 4) is 0 Å². The first kappa shape index (κ1) is 11.4. The molecule has 1 rings (SSSR count). The van der Waals surface area contributed by atoms with Crippen molar-refractivity contribution in [2.24, 2.45) is 5.73 Å². The molecular weight excluding hydrogens is 158 g/mol. The highest BCUT2D eigenvalue weighted by molar-refractivity contribution is 5.72. The van der Waals surface area contributed by atoms with Gasteiger partial charge in [-0.2, -0.15) is 0 Å². The van der Waals surface area contributed by atoms with Gasteiger partial charge in [0.1, 0.15) is 0 Å². The summed E-state index contributed by atoms with van der Waals surface area (Å²) in [5.74, 6) is -0.841. The smallest absolute Gasteiger partial charge is 0.332 e. The predicted molar refractivity (Wildman–Crippen MR) is 45.9 cm³/mol. The van der Waals surface area contributed by atoms with Gasteiger partial charge in [0.25, 0.3) is 0 Å². The van der Waals surface area contributed by atoms with Crippen LogP contribution in [0.2, 0.25) is 0 Å². The van der Waals surface area contributed by atoms with Crippen molar-refractivity contribution >= 4 is 5.97 Å². The topological polar surface area (TPSA) is 72.6 Å². The van der Waals surface area contributed by atoms with Crippen molar-refractivity contribution < 1.29 is 14.6 Å². The highest BCUT2D eigenvalue weighted by Crippen LogP contribution is 2.09. The average molecular weight is 175 g/mol. The summed E-state index contributed by atoms with van der Waals surface area (Å²) in [5.41, 5.74) is 5.35. The highest BCUT2D eigenvalue weighted by Gasteiger charge is 2.24. The second-order valence-electron chi connectivity index (χ2n) is 3.85. The molecule has 12 heavy (non-hydrogen) atoms. The highest BCUT2D eigenvalue weighted by atomic mass is 16.5. The summed E-state index contributed by atoms with van der Waals surface area (Å²) in [5, 5.41) is 8.11. The van der Waals surface area contributed by atoms with Gasteiger partial charge in [-0.25, -0.2) is 4.79 Å². The Labute approximate surface area is 72.7 Å². The maximum Gasteiger partial charge on any atom is 0.332 e. The first-order valence-corrected chi connectivity index (χ1v) is 3.94. The number of rotatable bonds is 1. The molecule has 0 aliphatic carbocycles. The maximum absolute atomic E-state index is 9.86. The van der Waals surface area contributed by atoms with E-state index in [0.29, 0.717) is 13.0 Å². The van der Waals surface area contributed by atoms with Gasteiger partial charge in [0.2, 0.25) is 0 Å². The molecule has 0 saturated carbocycles. The lowest BCUT2D eigenvalue weighted by Crippen LogP contribution is -2.34. The molecule has 1 atom stereocenters. The molecule has 1 aliphatic rings. The van der Waals surface area contributed by atoms with E-state index in [1.54, 1.807) is 0 Å². The number of ether oxygens (including phenoxy) is 1. The van der Waals surface area contributed by atoms with E-state index in [1.807, 2.05) is 20.8 Å². The Kier molecular flexibility index (Phi) is 4.20. The number of hydrogen-bond acceptors (Lipinski definition) is 3. The summed E-state index contributed by atoms with van der Waals surface area (Å²) < 4.78 is 4.59. The molecule has 0 amide bonds. The maximum atomic E-state index is 9.86. The Balaban J connectivity index is 0.000000217. The van der Waals surface area contributed by atoms with Crippen LogP contribution in [0.15, 0.2) is 0 Å². The van der Waals surface area contributed by atoms with Crippen LogP contribution in [0.25, 0.3) is 0 Å². The molecule has 1 unspecified atom stereocenters. The molecule has 4 nitrogen and oxygen atoms in total. The fourth-order valence-electron chi connectivity index (χ4n) is 0.430. The van der Waals surface area contributed by atoms with Crippen LogP contribution in [0.1, 0.15) is 27.2 Å². The average Bonchev–Trinajstić information content (AvgIpc) is 1.49. The van der Waals surface area contributed by atoms with E-state index in [9.17, 15) is 4.79 Å². The Morgan fingerprint density at radius 2 is 1.92 bits per heavy atom. The molecule has 1 heterocycles. The van der Waals surface area contributed by atoms with Crippen LogP contribution >= 0.6 is 0 Å². The molecule has 72 valence electrons. The number of carboxylic acid groups (broad SMARTS) is 1. The Morgan fingerprint density at radius 1 is 1.58 bits per heavy atom. The van der Waals surface area contributed by atoms with E-state index in [4.69, 9.17) is 10.8 Å². The van der Waals surface area contributed by atoms with Crippen molar-refractivity contribution in [3.05, 3.63) is 0 Å². The SMILES string of the molecule is CC(C)(C)N.O=C(O)C1CCO1. The summed E-state index contributed by atoms with van der Waals surface area (Å²) in [6.07, 6.45) is 0.176. The van der Waals surface area contributed by atoms with E-state index in [1.165, 1.54) is 0 Å². The molecule has 1 fully saturated rings. The van der Waals surface area contributed by atoms with E-state index < -0.39 is 12.1 Å². The summed E-state index contributed by atoms with van der Waals surface area (Å²) in [4.78, 5) is 9.86. The number of nitrogens with two attached hydrogens (primary N) is 1. The summed E-state index contributed by atoms with van der Waals surface area (Å²) >= 11 is 0. The first-order valence-electron chi connectivity index (χ1n) is 3.94. The van der Waals surface area contributed by atoms with Crippen molar-refractivity contribution in [2.75, 3.05) is 6.61 Å². The summed E-state index contributed by atoms with van der Waals surface area (Å²) in [6, 6.07) is 0. The zero-order chi connectivity index (χ0) is 9.78. The molecule has 4 heteroatoms. The minimum absolute atomic E-state index is 0. The lowest BCUT2D eigenvalue weighted by atomic mass is 10.1. The fraction of sp³-hybridized carbons (Fsp3) is 0.875. The first-order chi connectivity index (χ1) is 5.30. The summed E-state index contributed by atoms with van der Waals surface area (Å²) in [6.45, 7) is 6.50. The predicted octanol–water partition coefficient (Wildman–Crippen LogP) is 0.603. The molecule has 0 aromatic rings. The molecule has 0 spiro atoms. The molecular formula is C8H17NO3. The van der Waals surface area contributed by atoms with Gasteiger partial charge in [0, 0.05) is 12.0 Å². The molecule has 0 bridgehead atoms. The number of aliphatic carboxylic acids is 1. The molecule has 0 aromatic carbocycles. The van der Waals surface area contributed by atoms with Crippen LogP contribution < -0.4 is 5.73 Å². The van der Waals surface area contributed by atoms with E-state index >= 15 is 0 Å². The molecule has 0 aromatic heterocycles. The van der Waals surface area contributed by atoms with Gasteiger partial charge in [-0.3, -0.25) is 0 Å². The molecule has 0 radical (unpaired) electrons. The Morgan fingerprint density at radius 3 is 1.92 bits per heavy atom. The van der Waals surface area contributed by atoms with Gasteiger partial charge < -0.3 is 15.6 Å². The minimum atomic E-state index is -0.841. The van der Waals surface area contributed by atoms with Crippen molar-refractivity contribution in [2.45, 2.75) is 38.8 Å². The monoisotopic (exact) mass is 175 g/mol. The van der Waals surface area contributed by atoms with Gasteiger partial charge in [-0.1, -0.05) is 0 Å². The Bertz CT molecular complexity index is 141. The van der Waals surface area contributed by atoms with Gasteiger partial charge in [-0.05, 0) is 20.8 Å². The van der Waals surface area contributed by atoms with Crippen LogP contribution in [-0.4, -0.2) is 29.3 Å².